The molecule has 3 heteroatoms. The zero-order chi connectivity index (χ0) is 12.7. The number of carbonyl (C=O) groups is 1. The van der Waals surface area contributed by atoms with E-state index in [0.717, 1.165) is 18.0 Å². The third kappa shape index (κ3) is 1.98. The summed E-state index contributed by atoms with van der Waals surface area (Å²) in [7, 11) is 1.94. The first-order valence-electron chi connectivity index (χ1n) is 6.78. The number of hydrogen-bond acceptors (Lipinski definition) is 2. The molecule has 0 radical (unpaired) electrons. The van der Waals surface area contributed by atoms with Crippen LogP contribution in [-0.2, 0) is 11.2 Å². The number of carbonyl (C=O) groups excluding carboxylic acids is 1. The summed E-state index contributed by atoms with van der Waals surface area (Å²) in [6.07, 6.45) is 3.37. The van der Waals surface area contributed by atoms with Crippen LogP contribution in [0.25, 0.3) is 0 Å². The summed E-state index contributed by atoms with van der Waals surface area (Å²) in [5.74, 6) is 0.952. The molecule has 1 N–H and O–H groups in total. The first-order chi connectivity index (χ1) is 8.66. The van der Waals surface area contributed by atoms with Crippen LogP contribution in [0.4, 0.5) is 5.69 Å². The van der Waals surface area contributed by atoms with E-state index < -0.39 is 0 Å². The highest BCUT2D eigenvalue weighted by Crippen LogP contribution is 2.35. The molecule has 0 saturated heterocycles. The second kappa shape index (κ2) is 4.30. The van der Waals surface area contributed by atoms with Crippen molar-refractivity contribution in [1.29, 1.82) is 0 Å². The van der Waals surface area contributed by atoms with E-state index in [9.17, 15) is 4.79 Å². The van der Waals surface area contributed by atoms with Gasteiger partial charge in [-0.05, 0) is 37.3 Å². The van der Waals surface area contributed by atoms with E-state index in [1.54, 1.807) is 0 Å². The van der Waals surface area contributed by atoms with Crippen LogP contribution in [0, 0.1) is 5.92 Å². The normalized spacial score (nSPS) is 23.1. The average Bonchev–Trinajstić information content (AvgIpc) is 3.14. The van der Waals surface area contributed by atoms with Gasteiger partial charge in [-0.15, -0.1) is 0 Å². The Hall–Kier alpha value is -1.51. The number of nitrogens with one attached hydrogen (secondary N) is 1. The molecule has 96 valence electrons. The van der Waals surface area contributed by atoms with Crippen molar-refractivity contribution in [3.63, 3.8) is 0 Å². The maximum Gasteiger partial charge on any atom is 0.245 e. The molecule has 2 unspecified atom stereocenters. The number of fused-ring (bicyclic) bond motifs is 1. The van der Waals surface area contributed by atoms with Crippen molar-refractivity contribution in [1.82, 2.24) is 4.90 Å². The lowest BCUT2D eigenvalue weighted by atomic mass is 10.1. The van der Waals surface area contributed by atoms with E-state index in [0.29, 0.717) is 6.04 Å². The summed E-state index contributed by atoms with van der Waals surface area (Å²) in [6.45, 7) is 2.16. The van der Waals surface area contributed by atoms with E-state index >= 15 is 0 Å². The Morgan fingerprint density at radius 3 is 2.78 bits per heavy atom. The van der Waals surface area contributed by atoms with Gasteiger partial charge in [-0.25, -0.2) is 0 Å². The standard InChI is InChI=1S/C15H20N2O/c1-10(11-7-8-11)17(2)15(18)14-9-12-5-3-4-6-13(12)16-14/h3-6,10-11,14,16H,7-9H2,1-2H3. The highest BCUT2D eigenvalue weighted by molar-refractivity contribution is 5.87. The SMILES string of the molecule is CC(C1CC1)N(C)C(=O)C1Cc2ccccc2N1. The van der Waals surface area contributed by atoms with Crippen LogP contribution in [0.1, 0.15) is 25.3 Å². The molecule has 2 aliphatic rings. The Morgan fingerprint density at radius 1 is 1.39 bits per heavy atom. The predicted octanol–water partition coefficient (Wildman–Crippen LogP) is 2.28. The molecule has 3 nitrogen and oxygen atoms in total. The summed E-state index contributed by atoms with van der Waals surface area (Å²) in [5, 5.41) is 3.34. The fourth-order valence-corrected chi connectivity index (χ4v) is 2.79. The van der Waals surface area contributed by atoms with E-state index in [2.05, 4.69) is 18.3 Å². The number of amides is 1. The first kappa shape index (κ1) is 11.6. The van der Waals surface area contributed by atoms with Crippen LogP contribution in [0.5, 0.6) is 0 Å². The fourth-order valence-electron chi connectivity index (χ4n) is 2.79. The summed E-state index contributed by atoms with van der Waals surface area (Å²) in [4.78, 5) is 14.4. The zero-order valence-corrected chi connectivity index (χ0v) is 11.0. The minimum absolute atomic E-state index is 0.0754. The Morgan fingerprint density at radius 2 is 2.11 bits per heavy atom. The van der Waals surface area contributed by atoms with Crippen LogP contribution < -0.4 is 5.32 Å². The topological polar surface area (TPSA) is 32.3 Å². The van der Waals surface area contributed by atoms with Crippen molar-refractivity contribution in [2.45, 2.75) is 38.3 Å². The molecule has 0 bridgehead atoms. The minimum Gasteiger partial charge on any atom is -0.373 e. The van der Waals surface area contributed by atoms with E-state index in [-0.39, 0.29) is 11.9 Å². The molecule has 1 fully saturated rings. The Kier molecular flexibility index (Phi) is 2.77. The highest BCUT2D eigenvalue weighted by Gasteiger charge is 2.36. The molecule has 1 aliphatic heterocycles. The van der Waals surface area contributed by atoms with Gasteiger partial charge in [-0.2, -0.15) is 0 Å². The molecule has 1 aromatic carbocycles. The molecule has 0 spiro atoms. The van der Waals surface area contributed by atoms with Crippen LogP contribution in [-0.4, -0.2) is 29.9 Å². The van der Waals surface area contributed by atoms with Crippen molar-refractivity contribution < 1.29 is 4.79 Å². The Balaban J connectivity index is 1.68. The van der Waals surface area contributed by atoms with E-state index in [1.807, 2.05) is 30.1 Å². The second-order valence-corrected chi connectivity index (χ2v) is 5.59. The van der Waals surface area contributed by atoms with Gasteiger partial charge in [0.05, 0.1) is 0 Å². The number of para-hydroxylation sites is 1. The van der Waals surface area contributed by atoms with Gasteiger partial charge in [0.15, 0.2) is 0 Å². The molecule has 1 aliphatic carbocycles. The number of likely N-dealkylation sites (N-methyl/N-ethyl adjacent to an activating group) is 1. The fraction of sp³-hybridized carbons (Fsp3) is 0.533. The first-order valence-corrected chi connectivity index (χ1v) is 6.78. The third-order valence-electron chi connectivity index (χ3n) is 4.33. The Labute approximate surface area is 108 Å². The maximum absolute atomic E-state index is 12.5. The number of rotatable bonds is 3. The van der Waals surface area contributed by atoms with Crippen molar-refractivity contribution in [2.75, 3.05) is 12.4 Å². The van der Waals surface area contributed by atoms with Crippen LogP contribution in [0.3, 0.4) is 0 Å². The van der Waals surface area contributed by atoms with Crippen LogP contribution >= 0.6 is 0 Å². The van der Waals surface area contributed by atoms with Gasteiger partial charge in [-0.1, -0.05) is 18.2 Å². The number of hydrogen-bond donors (Lipinski definition) is 1. The van der Waals surface area contributed by atoms with Gasteiger partial charge in [-0.3, -0.25) is 4.79 Å². The van der Waals surface area contributed by atoms with Gasteiger partial charge in [0, 0.05) is 25.2 Å². The second-order valence-electron chi connectivity index (χ2n) is 5.59. The molecule has 0 aromatic heterocycles. The molecule has 3 rings (SSSR count). The monoisotopic (exact) mass is 244 g/mol. The van der Waals surface area contributed by atoms with Gasteiger partial charge >= 0.3 is 0 Å². The summed E-state index contributed by atoms with van der Waals surface area (Å²) in [6, 6.07) is 8.49. The lowest BCUT2D eigenvalue weighted by Crippen LogP contribution is -2.44. The van der Waals surface area contributed by atoms with Gasteiger partial charge in [0.1, 0.15) is 6.04 Å². The molecule has 18 heavy (non-hydrogen) atoms. The molecule has 1 heterocycles. The van der Waals surface area contributed by atoms with Crippen LogP contribution in [0.2, 0.25) is 0 Å². The number of nitrogens with zero attached hydrogens (tertiary/aromatic N) is 1. The molecule has 1 amide bonds. The smallest absolute Gasteiger partial charge is 0.245 e. The molecule has 1 aromatic rings. The molecule has 2 atom stereocenters. The zero-order valence-electron chi connectivity index (χ0n) is 11.0. The number of benzene rings is 1. The largest absolute Gasteiger partial charge is 0.373 e. The summed E-state index contributed by atoms with van der Waals surface area (Å²) >= 11 is 0. The van der Waals surface area contributed by atoms with Crippen molar-refractivity contribution >= 4 is 11.6 Å². The van der Waals surface area contributed by atoms with E-state index in [4.69, 9.17) is 0 Å². The quantitative estimate of drug-likeness (QED) is 0.884. The predicted molar refractivity (Wildman–Crippen MR) is 72.5 cm³/mol. The summed E-state index contributed by atoms with van der Waals surface area (Å²) in [5.41, 5.74) is 2.37. The molecule has 1 saturated carbocycles. The van der Waals surface area contributed by atoms with Crippen molar-refractivity contribution in [2.24, 2.45) is 5.92 Å². The van der Waals surface area contributed by atoms with E-state index in [1.165, 1.54) is 18.4 Å². The molecular formula is C15H20N2O. The van der Waals surface area contributed by atoms with Gasteiger partial charge < -0.3 is 10.2 Å². The van der Waals surface area contributed by atoms with Gasteiger partial charge in [0.2, 0.25) is 5.91 Å². The minimum atomic E-state index is -0.0754. The average molecular weight is 244 g/mol. The van der Waals surface area contributed by atoms with Gasteiger partial charge in [0.25, 0.3) is 0 Å². The lowest BCUT2D eigenvalue weighted by Gasteiger charge is -2.27. The highest BCUT2D eigenvalue weighted by atomic mass is 16.2. The summed E-state index contributed by atoms with van der Waals surface area (Å²) < 4.78 is 0. The van der Waals surface area contributed by atoms with Crippen molar-refractivity contribution in [3.8, 4) is 0 Å². The third-order valence-corrected chi connectivity index (χ3v) is 4.33. The maximum atomic E-state index is 12.5. The lowest BCUT2D eigenvalue weighted by molar-refractivity contribution is -0.132. The number of anilines is 1. The Bertz CT molecular complexity index is 442. The van der Waals surface area contributed by atoms with Crippen molar-refractivity contribution in [3.05, 3.63) is 29.8 Å². The van der Waals surface area contributed by atoms with Crippen LogP contribution in [0.15, 0.2) is 24.3 Å². The molecular weight excluding hydrogens is 224 g/mol.